The van der Waals surface area contributed by atoms with Crippen molar-refractivity contribution in [2.75, 3.05) is 10.5 Å². The normalized spacial score (nSPS) is 25.8. The zero-order valence-electron chi connectivity index (χ0n) is 18.6. The van der Waals surface area contributed by atoms with E-state index in [0.29, 0.717) is 18.0 Å². The molecular formula is C24H41NO2S. The molecule has 28 heavy (non-hydrogen) atoms. The van der Waals surface area contributed by atoms with Gasteiger partial charge in [0.25, 0.3) is 0 Å². The molecule has 0 radical (unpaired) electrons. The van der Waals surface area contributed by atoms with E-state index in [9.17, 15) is 8.42 Å². The van der Waals surface area contributed by atoms with Gasteiger partial charge in [0.1, 0.15) is 0 Å². The number of anilines is 1. The molecule has 0 aliphatic heterocycles. The molecule has 0 amide bonds. The second-order valence-corrected chi connectivity index (χ2v) is 11.5. The Morgan fingerprint density at radius 1 is 1.25 bits per heavy atom. The molecule has 0 aromatic heterocycles. The molecule has 3 atom stereocenters. The number of hydrogen-bond donors (Lipinski definition) is 1. The van der Waals surface area contributed by atoms with E-state index in [2.05, 4.69) is 44.5 Å². The smallest absolute Gasteiger partial charge is 0.232 e. The molecular weight excluding hydrogens is 366 g/mol. The van der Waals surface area contributed by atoms with Crippen LogP contribution in [0.5, 0.6) is 0 Å². The van der Waals surface area contributed by atoms with Gasteiger partial charge in [-0.15, -0.1) is 0 Å². The minimum Gasteiger partial charge on any atom is -0.284 e. The summed E-state index contributed by atoms with van der Waals surface area (Å²) < 4.78 is 27.0. The summed E-state index contributed by atoms with van der Waals surface area (Å²) in [6.45, 7) is 11.3. The largest absolute Gasteiger partial charge is 0.284 e. The van der Waals surface area contributed by atoms with Gasteiger partial charge >= 0.3 is 0 Å². The van der Waals surface area contributed by atoms with Gasteiger partial charge in [0, 0.05) is 5.69 Å². The molecule has 3 nitrogen and oxygen atoms in total. The van der Waals surface area contributed by atoms with Gasteiger partial charge in [-0.25, -0.2) is 8.42 Å². The highest BCUT2D eigenvalue weighted by Crippen LogP contribution is 2.47. The third kappa shape index (κ3) is 6.50. The Balaban J connectivity index is 2.00. The van der Waals surface area contributed by atoms with Crippen LogP contribution in [0.2, 0.25) is 0 Å². The molecule has 4 heteroatoms. The first-order valence-electron chi connectivity index (χ1n) is 11.3. The van der Waals surface area contributed by atoms with Crippen molar-refractivity contribution in [3.05, 3.63) is 29.8 Å². The van der Waals surface area contributed by atoms with Gasteiger partial charge in [-0.05, 0) is 66.5 Å². The molecule has 1 aliphatic carbocycles. The average Bonchev–Trinajstić information content (AvgIpc) is 2.61. The third-order valence-corrected chi connectivity index (χ3v) is 8.25. The molecule has 1 saturated carbocycles. The summed E-state index contributed by atoms with van der Waals surface area (Å²) >= 11 is 0. The highest BCUT2D eigenvalue weighted by atomic mass is 32.2. The van der Waals surface area contributed by atoms with Crippen LogP contribution in [0.25, 0.3) is 0 Å². The van der Waals surface area contributed by atoms with E-state index in [1.807, 2.05) is 19.1 Å². The van der Waals surface area contributed by atoms with Crippen LogP contribution in [0.3, 0.4) is 0 Å². The number of rotatable bonds is 10. The van der Waals surface area contributed by atoms with Crippen molar-refractivity contribution < 1.29 is 8.42 Å². The molecule has 1 fully saturated rings. The molecule has 2 rings (SSSR count). The van der Waals surface area contributed by atoms with Crippen molar-refractivity contribution in [1.29, 1.82) is 0 Å². The lowest BCUT2D eigenvalue weighted by Crippen LogP contribution is -2.36. The predicted octanol–water partition coefficient (Wildman–Crippen LogP) is 6.75. The second kappa shape index (κ2) is 10.1. The van der Waals surface area contributed by atoms with Crippen LogP contribution >= 0.6 is 0 Å². The van der Waals surface area contributed by atoms with Crippen LogP contribution in [-0.2, 0) is 15.4 Å². The highest BCUT2D eigenvalue weighted by molar-refractivity contribution is 7.92. The van der Waals surface area contributed by atoms with Crippen molar-refractivity contribution >= 4 is 15.7 Å². The van der Waals surface area contributed by atoms with Gasteiger partial charge in [0.15, 0.2) is 0 Å². The second-order valence-electron chi connectivity index (χ2n) is 9.64. The number of nitrogens with one attached hydrogen (secondary N) is 1. The maximum atomic E-state index is 12.1. The molecule has 1 aromatic carbocycles. The van der Waals surface area contributed by atoms with Gasteiger partial charge in [-0.1, -0.05) is 72.4 Å². The Morgan fingerprint density at radius 2 is 2.00 bits per heavy atom. The molecule has 1 aliphatic rings. The fraction of sp³-hybridized carbons (Fsp3) is 0.750. The number of hydrogen-bond acceptors (Lipinski definition) is 2. The first-order chi connectivity index (χ1) is 13.2. The SMILES string of the molecule is CCCS(=O)(=O)Nc1cccc(C2(C)CCC(CCCCC(C)C)CC2C)c1. The Kier molecular flexibility index (Phi) is 8.42. The van der Waals surface area contributed by atoms with E-state index < -0.39 is 10.0 Å². The topological polar surface area (TPSA) is 46.2 Å². The lowest BCUT2D eigenvalue weighted by molar-refractivity contribution is 0.158. The van der Waals surface area contributed by atoms with Crippen molar-refractivity contribution in [1.82, 2.24) is 0 Å². The van der Waals surface area contributed by atoms with Crippen LogP contribution in [-0.4, -0.2) is 14.2 Å². The van der Waals surface area contributed by atoms with Crippen molar-refractivity contribution in [3.8, 4) is 0 Å². The van der Waals surface area contributed by atoms with Crippen LogP contribution < -0.4 is 4.72 Å². The molecule has 1 aromatic rings. The summed E-state index contributed by atoms with van der Waals surface area (Å²) in [6, 6.07) is 8.10. The molecule has 160 valence electrons. The average molecular weight is 408 g/mol. The van der Waals surface area contributed by atoms with Crippen molar-refractivity contribution in [2.24, 2.45) is 17.8 Å². The lowest BCUT2D eigenvalue weighted by atomic mass is 9.61. The Hall–Kier alpha value is -1.03. The van der Waals surface area contributed by atoms with Gasteiger partial charge in [0.2, 0.25) is 10.0 Å². The Labute approximate surface area is 173 Å². The Morgan fingerprint density at radius 3 is 2.64 bits per heavy atom. The van der Waals surface area contributed by atoms with Gasteiger partial charge < -0.3 is 0 Å². The van der Waals surface area contributed by atoms with Gasteiger partial charge in [-0.2, -0.15) is 0 Å². The van der Waals surface area contributed by atoms with E-state index >= 15 is 0 Å². The molecule has 3 unspecified atom stereocenters. The predicted molar refractivity (Wildman–Crippen MR) is 121 cm³/mol. The summed E-state index contributed by atoms with van der Waals surface area (Å²) in [6.07, 6.45) is 9.82. The number of sulfonamides is 1. The third-order valence-electron chi connectivity index (χ3n) is 6.76. The zero-order chi connectivity index (χ0) is 20.8. The zero-order valence-corrected chi connectivity index (χ0v) is 19.4. The maximum Gasteiger partial charge on any atom is 0.232 e. The quantitative estimate of drug-likeness (QED) is 0.436. The van der Waals surface area contributed by atoms with E-state index in [1.165, 1.54) is 50.5 Å². The van der Waals surface area contributed by atoms with Crippen LogP contribution in [0.4, 0.5) is 5.69 Å². The van der Waals surface area contributed by atoms with Gasteiger partial charge in [0.05, 0.1) is 5.75 Å². The summed E-state index contributed by atoms with van der Waals surface area (Å²) in [5.74, 6) is 2.44. The van der Waals surface area contributed by atoms with Crippen LogP contribution in [0.15, 0.2) is 24.3 Å². The van der Waals surface area contributed by atoms with E-state index in [0.717, 1.165) is 11.8 Å². The van der Waals surface area contributed by atoms with Crippen molar-refractivity contribution in [2.45, 2.75) is 91.4 Å². The van der Waals surface area contributed by atoms with Gasteiger partial charge in [-0.3, -0.25) is 4.72 Å². The lowest BCUT2D eigenvalue weighted by Gasteiger charge is -2.44. The van der Waals surface area contributed by atoms with E-state index in [-0.39, 0.29) is 11.2 Å². The summed E-state index contributed by atoms with van der Waals surface area (Å²) in [7, 11) is -3.24. The molecule has 0 heterocycles. The Bertz CT molecular complexity index is 713. The number of unbranched alkanes of at least 4 members (excludes halogenated alkanes) is 1. The minimum absolute atomic E-state index is 0.126. The summed E-state index contributed by atoms with van der Waals surface area (Å²) in [5, 5.41) is 0. The fourth-order valence-electron chi connectivity index (χ4n) is 4.74. The standard InChI is InChI=1S/C24H41NO2S/c1-6-16-28(26,27)25-23-13-9-12-22(18-23)24(5)15-14-21(17-20(24)4)11-8-7-10-19(2)3/h9,12-13,18-21,25H,6-8,10-11,14-17H2,1-5H3. The van der Waals surface area contributed by atoms with E-state index in [1.54, 1.807) is 0 Å². The van der Waals surface area contributed by atoms with Crippen LogP contribution in [0, 0.1) is 17.8 Å². The van der Waals surface area contributed by atoms with E-state index in [4.69, 9.17) is 0 Å². The monoisotopic (exact) mass is 407 g/mol. The van der Waals surface area contributed by atoms with Crippen molar-refractivity contribution in [3.63, 3.8) is 0 Å². The molecule has 0 saturated heterocycles. The first kappa shape index (κ1) is 23.3. The number of benzene rings is 1. The first-order valence-corrected chi connectivity index (χ1v) is 12.9. The van der Waals surface area contributed by atoms with Crippen LogP contribution in [0.1, 0.15) is 91.5 Å². The highest BCUT2D eigenvalue weighted by Gasteiger charge is 2.38. The fourth-order valence-corrected chi connectivity index (χ4v) is 5.87. The maximum absolute atomic E-state index is 12.1. The molecule has 0 bridgehead atoms. The minimum atomic E-state index is -3.24. The summed E-state index contributed by atoms with van der Waals surface area (Å²) in [5.41, 5.74) is 2.10. The summed E-state index contributed by atoms with van der Waals surface area (Å²) in [4.78, 5) is 0. The molecule has 1 N–H and O–H groups in total. The molecule has 0 spiro atoms.